The molecule has 0 aliphatic carbocycles. The van der Waals surface area contributed by atoms with E-state index in [9.17, 15) is 24.0 Å². The van der Waals surface area contributed by atoms with E-state index in [4.69, 9.17) is 27.6 Å². The Labute approximate surface area is 193 Å². The van der Waals surface area contributed by atoms with Crippen LogP contribution in [0.1, 0.15) is 40.5 Å². The molecule has 33 heavy (non-hydrogen) atoms. The first-order valence-electron chi connectivity index (χ1n) is 10.5. The van der Waals surface area contributed by atoms with Crippen molar-refractivity contribution >= 4 is 27.0 Å². The van der Waals surface area contributed by atoms with Gasteiger partial charge in [0.2, 0.25) is 0 Å². The number of nitrogens with zero attached hydrogens (tertiary/aromatic N) is 1. The van der Waals surface area contributed by atoms with Crippen molar-refractivity contribution in [1.82, 2.24) is 0 Å². The van der Waals surface area contributed by atoms with Crippen molar-refractivity contribution in [2.75, 3.05) is 33.0 Å². The Morgan fingerprint density at radius 1 is 0.909 bits per heavy atom. The van der Waals surface area contributed by atoms with Gasteiger partial charge in [0.1, 0.15) is 5.75 Å². The number of nitro groups is 1. The van der Waals surface area contributed by atoms with Crippen LogP contribution in [-0.2, 0) is 32.0 Å². The average Bonchev–Trinajstić information content (AvgIpc) is 2.74. The fourth-order valence-corrected chi connectivity index (χ4v) is 8.27. The molecule has 0 amide bonds. The van der Waals surface area contributed by atoms with E-state index in [0.29, 0.717) is 0 Å². The molecular weight excluding hydrogens is 480 g/mol. The summed E-state index contributed by atoms with van der Waals surface area (Å²) in [5.74, 6) is 0.0675. The molecule has 0 saturated heterocycles. The highest BCUT2D eigenvalue weighted by atomic mass is 31.2. The lowest BCUT2D eigenvalue weighted by atomic mass is 10.3. The van der Waals surface area contributed by atoms with Crippen LogP contribution in [0.2, 0.25) is 0 Å². The van der Waals surface area contributed by atoms with Gasteiger partial charge in [-0.1, -0.05) is 0 Å². The zero-order chi connectivity index (χ0) is 24.9. The van der Waals surface area contributed by atoms with Crippen molar-refractivity contribution < 1.29 is 46.4 Å². The second kappa shape index (κ2) is 14.5. The first-order valence-corrected chi connectivity index (χ1v) is 13.7. The van der Waals surface area contributed by atoms with Gasteiger partial charge in [-0.25, -0.2) is 4.79 Å². The van der Waals surface area contributed by atoms with Crippen LogP contribution in [-0.4, -0.2) is 49.5 Å². The molecule has 0 atom stereocenters. The number of hydrogen-bond acceptors (Lipinski definition) is 11. The normalized spacial score (nSPS) is 12.0. The third-order valence-corrected chi connectivity index (χ3v) is 10.2. The Morgan fingerprint density at radius 2 is 1.36 bits per heavy atom. The summed E-state index contributed by atoms with van der Waals surface area (Å²) in [4.78, 5) is 22.0. The van der Waals surface area contributed by atoms with Crippen LogP contribution in [0, 0.1) is 10.1 Å². The Morgan fingerprint density at radius 3 is 1.76 bits per heavy atom. The van der Waals surface area contributed by atoms with E-state index in [1.807, 2.05) is 0 Å². The number of benzene rings is 1. The van der Waals surface area contributed by atoms with Crippen molar-refractivity contribution in [1.29, 1.82) is 0 Å². The Hall–Kier alpha value is -1.81. The topological polar surface area (TPSA) is 150 Å². The van der Waals surface area contributed by atoms with Gasteiger partial charge in [-0.3, -0.25) is 19.2 Å². The van der Waals surface area contributed by atoms with Crippen molar-refractivity contribution in [2.45, 2.75) is 45.9 Å². The first-order chi connectivity index (χ1) is 15.7. The highest BCUT2D eigenvalue weighted by Gasteiger charge is 2.50. The molecular formula is C19H31NO11P2. The monoisotopic (exact) mass is 511 g/mol. The molecule has 0 fully saturated rings. The van der Waals surface area contributed by atoms with Crippen LogP contribution in [0.4, 0.5) is 10.5 Å². The predicted molar refractivity (Wildman–Crippen MR) is 120 cm³/mol. The minimum atomic E-state index is -3.88. The number of rotatable bonds is 16. The SMILES string of the molecule is CCOP(=O)(OCC)C(CCCOC(=O)Oc1ccc([N+](=O)[O-])cc1)P(=O)(OCC)OCC. The number of ether oxygens (including phenoxy) is 2. The predicted octanol–water partition coefficient (Wildman–Crippen LogP) is 5.75. The van der Waals surface area contributed by atoms with E-state index in [1.54, 1.807) is 27.7 Å². The van der Waals surface area contributed by atoms with Crippen molar-refractivity contribution in [3.05, 3.63) is 34.4 Å². The lowest BCUT2D eigenvalue weighted by Gasteiger charge is -2.31. The number of non-ortho nitro benzene ring substituents is 1. The third kappa shape index (κ3) is 9.16. The standard InChI is InChI=1S/C19H31NO11P2/c1-5-27-32(24,28-6-2)18(33(25,29-7-3)30-8-4)10-9-15-26-19(21)31-17-13-11-16(12-14-17)20(22)23/h11-14,18H,5-10,15H2,1-4H3. The summed E-state index contributed by atoms with van der Waals surface area (Å²) >= 11 is 0. The molecule has 0 aromatic heterocycles. The largest absolute Gasteiger partial charge is 0.513 e. The maximum Gasteiger partial charge on any atom is 0.513 e. The lowest BCUT2D eigenvalue weighted by molar-refractivity contribution is -0.384. The molecule has 12 nitrogen and oxygen atoms in total. The molecule has 0 aliphatic heterocycles. The van der Waals surface area contributed by atoms with Gasteiger partial charge in [0.05, 0.1) is 38.0 Å². The average molecular weight is 511 g/mol. The van der Waals surface area contributed by atoms with Gasteiger partial charge in [-0.15, -0.1) is 0 Å². The van der Waals surface area contributed by atoms with Gasteiger partial charge < -0.3 is 27.6 Å². The van der Waals surface area contributed by atoms with Crippen LogP contribution in [0.5, 0.6) is 5.75 Å². The molecule has 0 saturated carbocycles. The highest BCUT2D eigenvalue weighted by molar-refractivity contribution is 7.72. The molecule has 0 unspecified atom stereocenters. The Balaban J connectivity index is 2.81. The fourth-order valence-electron chi connectivity index (χ4n) is 2.81. The summed E-state index contributed by atoms with van der Waals surface area (Å²) in [6, 6.07) is 4.89. The van der Waals surface area contributed by atoms with E-state index in [2.05, 4.69) is 0 Å². The van der Waals surface area contributed by atoms with Crippen molar-refractivity contribution in [3.8, 4) is 5.75 Å². The van der Waals surface area contributed by atoms with Crippen molar-refractivity contribution in [2.24, 2.45) is 0 Å². The minimum absolute atomic E-state index is 0.000628. The van der Waals surface area contributed by atoms with E-state index in [1.165, 1.54) is 24.3 Å². The van der Waals surface area contributed by atoms with Gasteiger partial charge in [-0.2, -0.15) is 0 Å². The zero-order valence-electron chi connectivity index (χ0n) is 19.2. The van der Waals surface area contributed by atoms with Gasteiger partial charge >= 0.3 is 21.3 Å². The maximum absolute atomic E-state index is 13.4. The van der Waals surface area contributed by atoms with Crippen LogP contribution >= 0.6 is 15.2 Å². The molecule has 1 aromatic carbocycles. The summed E-state index contributed by atoms with van der Waals surface area (Å²) in [7, 11) is -7.76. The van der Waals surface area contributed by atoms with Crippen LogP contribution < -0.4 is 4.74 Å². The van der Waals surface area contributed by atoms with Crippen LogP contribution in [0.15, 0.2) is 24.3 Å². The fraction of sp³-hybridized carbons (Fsp3) is 0.632. The van der Waals surface area contributed by atoms with E-state index in [-0.39, 0.29) is 57.3 Å². The van der Waals surface area contributed by atoms with E-state index < -0.39 is 31.7 Å². The summed E-state index contributed by atoms with van der Waals surface area (Å²) in [6.07, 6.45) is -0.899. The second-order valence-corrected chi connectivity index (χ2v) is 11.2. The molecule has 14 heteroatoms. The van der Waals surface area contributed by atoms with Gasteiger partial charge in [0.25, 0.3) is 5.69 Å². The molecule has 0 heterocycles. The Kier molecular flexibility index (Phi) is 12.8. The molecule has 1 aromatic rings. The number of carbonyl (C=O) groups excluding carboxylic acids is 1. The number of hydrogen-bond donors (Lipinski definition) is 0. The first kappa shape index (κ1) is 29.2. The molecule has 0 bridgehead atoms. The van der Waals surface area contributed by atoms with Gasteiger partial charge in [0, 0.05) is 12.1 Å². The second-order valence-electron chi connectivity index (χ2n) is 6.33. The number of carbonyl (C=O) groups is 1. The lowest BCUT2D eigenvalue weighted by Crippen LogP contribution is -2.19. The van der Waals surface area contributed by atoms with Gasteiger partial charge in [-0.05, 0) is 52.7 Å². The molecule has 0 spiro atoms. The molecule has 0 radical (unpaired) electrons. The summed E-state index contributed by atoms with van der Waals surface area (Å²) in [6.45, 7) is 6.61. The summed E-state index contributed by atoms with van der Waals surface area (Å²) in [5.41, 5.74) is -0.150. The summed E-state index contributed by atoms with van der Waals surface area (Å²) in [5, 5.41) is 9.46. The van der Waals surface area contributed by atoms with E-state index >= 15 is 0 Å². The smallest absolute Gasteiger partial charge is 0.434 e. The molecule has 0 N–H and O–H groups in total. The van der Waals surface area contributed by atoms with Crippen LogP contribution in [0.25, 0.3) is 0 Å². The Bertz CT molecular complexity index is 797. The third-order valence-electron chi connectivity index (χ3n) is 4.04. The molecule has 0 aliphatic rings. The highest BCUT2D eigenvalue weighted by Crippen LogP contribution is 2.71. The minimum Gasteiger partial charge on any atom is -0.434 e. The maximum atomic E-state index is 13.4. The van der Waals surface area contributed by atoms with Gasteiger partial charge in [0.15, 0.2) is 5.40 Å². The summed E-state index contributed by atoms with van der Waals surface area (Å²) < 4.78 is 58.2. The van der Waals surface area contributed by atoms with Crippen LogP contribution in [0.3, 0.4) is 0 Å². The quantitative estimate of drug-likeness (QED) is 0.0666. The van der Waals surface area contributed by atoms with E-state index in [0.717, 1.165) is 0 Å². The molecule has 188 valence electrons. The molecule has 1 rings (SSSR count). The van der Waals surface area contributed by atoms with Crippen molar-refractivity contribution in [3.63, 3.8) is 0 Å². The zero-order valence-corrected chi connectivity index (χ0v) is 21.0. The number of nitro benzene ring substituents is 1.